The molecule has 0 radical (unpaired) electrons. The highest BCUT2D eigenvalue weighted by atomic mass is 32.1. The van der Waals surface area contributed by atoms with E-state index in [0.717, 1.165) is 26.5 Å². The molecule has 3 aromatic rings. The molecule has 3 heterocycles. The molecule has 126 valence electrons. The Kier molecular flexibility index (Phi) is 4.66. The molecule has 0 aliphatic heterocycles. The zero-order chi connectivity index (χ0) is 17.1. The number of hydrogen-bond donors (Lipinski definition) is 3. The van der Waals surface area contributed by atoms with Crippen LogP contribution in [0.1, 0.15) is 13.3 Å². The minimum absolute atomic E-state index is 0.133. The van der Waals surface area contributed by atoms with Gasteiger partial charge in [-0.2, -0.15) is 5.10 Å². The number of carbonyl (C=O) groups excluding carboxylic acids is 1. The average Bonchev–Trinajstić information content (AvgIpc) is 3.22. The van der Waals surface area contributed by atoms with E-state index in [0.29, 0.717) is 25.3 Å². The van der Waals surface area contributed by atoms with Gasteiger partial charge < -0.3 is 16.0 Å². The summed E-state index contributed by atoms with van der Waals surface area (Å²) in [5.41, 5.74) is 8.66. The fraction of sp³-hybridized carbons (Fsp3) is 0.312. The zero-order valence-electron chi connectivity index (χ0n) is 13.7. The van der Waals surface area contributed by atoms with Crippen LogP contribution in [0.2, 0.25) is 0 Å². The number of nitrogens with one attached hydrogen (secondary N) is 2. The Balaban J connectivity index is 1.81. The average molecular weight is 344 g/mol. The second-order valence-corrected chi connectivity index (χ2v) is 6.54. The van der Waals surface area contributed by atoms with Crippen LogP contribution in [0.5, 0.6) is 0 Å². The molecule has 4 N–H and O–H groups in total. The van der Waals surface area contributed by atoms with Crippen LogP contribution in [-0.4, -0.2) is 46.1 Å². The van der Waals surface area contributed by atoms with Crippen LogP contribution >= 0.6 is 11.3 Å². The Morgan fingerprint density at radius 2 is 2.29 bits per heavy atom. The number of hydrogen-bond acceptors (Lipinski definition) is 6. The molecule has 0 saturated carbocycles. The Morgan fingerprint density at radius 3 is 3.00 bits per heavy atom. The number of aromatic nitrogens is 3. The van der Waals surface area contributed by atoms with Gasteiger partial charge in [0.05, 0.1) is 26.5 Å². The molecule has 0 fully saturated rings. The van der Waals surface area contributed by atoms with Gasteiger partial charge in [-0.15, -0.1) is 11.3 Å². The van der Waals surface area contributed by atoms with Gasteiger partial charge in [-0.3, -0.25) is 9.89 Å². The summed E-state index contributed by atoms with van der Waals surface area (Å²) in [6.07, 6.45) is 2.24. The first kappa shape index (κ1) is 16.3. The predicted octanol–water partition coefficient (Wildman–Crippen LogP) is 2.55. The Morgan fingerprint density at radius 1 is 1.46 bits per heavy atom. The van der Waals surface area contributed by atoms with Gasteiger partial charge in [-0.25, -0.2) is 4.98 Å². The number of likely N-dealkylation sites (N-methyl/N-ethyl adjacent to an activating group) is 1. The Bertz CT molecular complexity index is 842. The second kappa shape index (κ2) is 6.88. The monoisotopic (exact) mass is 344 g/mol. The maximum Gasteiger partial charge on any atom is 0.222 e. The largest absolute Gasteiger partial charge is 0.384 e. The summed E-state index contributed by atoms with van der Waals surface area (Å²) in [5.74, 6) is 0.603. The number of carbonyl (C=O) groups is 1. The number of pyridine rings is 1. The molecule has 0 atom stereocenters. The maximum atomic E-state index is 11.6. The van der Waals surface area contributed by atoms with Crippen molar-refractivity contribution in [2.24, 2.45) is 0 Å². The van der Waals surface area contributed by atoms with Gasteiger partial charge in [0.15, 0.2) is 0 Å². The van der Waals surface area contributed by atoms with E-state index in [2.05, 4.69) is 20.5 Å². The standard InChI is InChI=1S/C16H20N6OS/c1-3-15(23)22(2)7-6-18-11-9-14(17)20-12-8-13(24-16(11)12)10-4-5-19-21-10/h4-5,8-9H,3,6-7H2,1-2H3,(H,19,21)(H3,17,18,20). The van der Waals surface area contributed by atoms with E-state index in [1.165, 1.54) is 0 Å². The molecule has 0 saturated heterocycles. The van der Waals surface area contributed by atoms with E-state index < -0.39 is 0 Å². The van der Waals surface area contributed by atoms with Gasteiger partial charge in [0.2, 0.25) is 5.91 Å². The summed E-state index contributed by atoms with van der Waals surface area (Å²) >= 11 is 1.63. The van der Waals surface area contributed by atoms with Crippen molar-refractivity contribution >= 4 is 39.0 Å². The normalized spacial score (nSPS) is 10.9. The molecule has 0 aliphatic rings. The quantitative estimate of drug-likeness (QED) is 0.638. The molecule has 1 amide bonds. The van der Waals surface area contributed by atoms with Gasteiger partial charge in [0.1, 0.15) is 5.82 Å². The molecule has 3 rings (SSSR count). The number of fused-ring (bicyclic) bond motifs is 1. The van der Waals surface area contributed by atoms with Crippen molar-refractivity contribution in [3.05, 3.63) is 24.4 Å². The molecule has 0 unspecified atom stereocenters. The number of nitrogen functional groups attached to an aromatic ring is 1. The minimum atomic E-state index is 0.133. The van der Waals surface area contributed by atoms with Crippen molar-refractivity contribution in [3.8, 4) is 10.6 Å². The number of nitrogens with two attached hydrogens (primary N) is 1. The molecular formula is C16H20N6OS. The third-order valence-electron chi connectivity index (χ3n) is 3.76. The van der Waals surface area contributed by atoms with Crippen molar-refractivity contribution in [2.45, 2.75) is 13.3 Å². The SMILES string of the molecule is CCC(=O)N(C)CCNc1cc(N)nc2cc(-c3ccn[nH]3)sc12. The van der Waals surface area contributed by atoms with Crippen LogP contribution in [0.4, 0.5) is 11.5 Å². The highest BCUT2D eigenvalue weighted by molar-refractivity contribution is 7.22. The van der Waals surface area contributed by atoms with Crippen LogP contribution in [0.25, 0.3) is 20.8 Å². The molecule has 8 heteroatoms. The third-order valence-corrected chi connectivity index (χ3v) is 4.95. The second-order valence-electron chi connectivity index (χ2n) is 5.49. The number of anilines is 2. The van der Waals surface area contributed by atoms with Crippen LogP contribution < -0.4 is 11.1 Å². The summed E-state index contributed by atoms with van der Waals surface area (Å²) in [6, 6.07) is 5.76. The summed E-state index contributed by atoms with van der Waals surface area (Å²) in [6.45, 7) is 3.15. The number of H-pyrrole nitrogens is 1. The smallest absolute Gasteiger partial charge is 0.222 e. The van der Waals surface area contributed by atoms with Gasteiger partial charge in [-0.1, -0.05) is 6.92 Å². The fourth-order valence-electron chi connectivity index (χ4n) is 2.45. The lowest BCUT2D eigenvalue weighted by atomic mass is 10.3. The molecule has 0 bridgehead atoms. The molecule has 24 heavy (non-hydrogen) atoms. The first-order valence-corrected chi connectivity index (χ1v) is 8.57. The lowest BCUT2D eigenvalue weighted by Gasteiger charge is -2.17. The molecule has 0 aromatic carbocycles. The summed E-state index contributed by atoms with van der Waals surface area (Å²) in [5, 5.41) is 10.3. The van der Waals surface area contributed by atoms with E-state index in [9.17, 15) is 4.79 Å². The number of rotatable bonds is 6. The lowest BCUT2D eigenvalue weighted by Crippen LogP contribution is -2.30. The van der Waals surface area contributed by atoms with Gasteiger partial charge in [-0.05, 0) is 12.1 Å². The topological polar surface area (TPSA) is 99.9 Å². The molecule has 7 nitrogen and oxygen atoms in total. The van der Waals surface area contributed by atoms with Crippen LogP contribution in [0.15, 0.2) is 24.4 Å². The van der Waals surface area contributed by atoms with E-state index in [1.807, 2.05) is 32.2 Å². The van der Waals surface area contributed by atoms with Gasteiger partial charge >= 0.3 is 0 Å². The van der Waals surface area contributed by atoms with E-state index in [1.54, 1.807) is 22.4 Å². The summed E-state index contributed by atoms with van der Waals surface area (Å²) < 4.78 is 1.04. The molecular weight excluding hydrogens is 324 g/mol. The zero-order valence-corrected chi connectivity index (χ0v) is 14.5. The van der Waals surface area contributed by atoms with Crippen molar-refractivity contribution in [3.63, 3.8) is 0 Å². The van der Waals surface area contributed by atoms with Crippen molar-refractivity contribution in [2.75, 3.05) is 31.2 Å². The van der Waals surface area contributed by atoms with Crippen LogP contribution in [-0.2, 0) is 4.79 Å². The molecule has 0 aliphatic carbocycles. The predicted molar refractivity (Wildman–Crippen MR) is 98.0 cm³/mol. The third kappa shape index (κ3) is 3.33. The summed E-state index contributed by atoms with van der Waals surface area (Å²) in [4.78, 5) is 18.8. The first-order valence-electron chi connectivity index (χ1n) is 7.76. The number of amides is 1. The van der Waals surface area contributed by atoms with Crippen molar-refractivity contribution < 1.29 is 4.79 Å². The van der Waals surface area contributed by atoms with Crippen LogP contribution in [0, 0.1) is 0 Å². The highest BCUT2D eigenvalue weighted by Crippen LogP contribution is 2.36. The number of aromatic amines is 1. The molecule has 0 spiro atoms. The lowest BCUT2D eigenvalue weighted by molar-refractivity contribution is -0.129. The van der Waals surface area contributed by atoms with E-state index >= 15 is 0 Å². The minimum Gasteiger partial charge on any atom is -0.384 e. The number of thiophene rings is 1. The first-order chi connectivity index (χ1) is 11.6. The Labute approximate surface area is 143 Å². The van der Waals surface area contributed by atoms with Gasteiger partial charge in [0.25, 0.3) is 0 Å². The highest BCUT2D eigenvalue weighted by Gasteiger charge is 2.12. The van der Waals surface area contributed by atoms with E-state index in [-0.39, 0.29) is 5.91 Å². The van der Waals surface area contributed by atoms with Crippen molar-refractivity contribution in [1.29, 1.82) is 0 Å². The van der Waals surface area contributed by atoms with Crippen LogP contribution in [0.3, 0.4) is 0 Å². The number of nitrogens with zero attached hydrogens (tertiary/aromatic N) is 3. The molecule has 3 aromatic heterocycles. The summed E-state index contributed by atoms with van der Waals surface area (Å²) in [7, 11) is 1.81. The maximum absolute atomic E-state index is 11.6. The van der Waals surface area contributed by atoms with Gasteiger partial charge in [0, 0.05) is 38.8 Å². The van der Waals surface area contributed by atoms with Crippen molar-refractivity contribution in [1.82, 2.24) is 20.1 Å². The Hall–Kier alpha value is -2.61. The van der Waals surface area contributed by atoms with E-state index in [4.69, 9.17) is 5.73 Å². The fourth-order valence-corrected chi connectivity index (χ4v) is 3.52.